The van der Waals surface area contributed by atoms with E-state index in [1.807, 2.05) is 72.8 Å². The van der Waals surface area contributed by atoms with E-state index in [0.717, 1.165) is 11.1 Å². The first-order valence-corrected chi connectivity index (χ1v) is 8.93. The zero-order valence-electron chi connectivity index (χ0n) is 15.1. The summed E-state index contributed by atoms with van der Waals surface area (Å²) >= 11 is 0. The standard InChI is InChI=1S/C24H18N2O2/c27-21-14-12-20(13-15-21)26-23(16-11-18-7-3-1-4-8-18)25-22(24(26)28)17-19-9-5-2-6-10-19/h1-17,27H/b16-11+,22-17-. The maximum absolute atomic E-state index is 13.1. The number of carbonyl (C=O) groups excluding carboxylic acids is 1. The Morgan fingerprint density at radius 1 is 0.750 bits per heavy atom. The molecular formula is C24H18N2O2. The summed E-state index contributed by atoms with van der Waals surface area (Å²) in [6, 6.07) is 26.0. The van der Waals surface area contributed by atoms with Crippen LogP contribution in [-0.2, 0) is 4.79 Å². The number of amides is 1. The molecule has 1 aliphatic rings. The monoisotopic (exact) mass is 366 g/mol. The molecule has 0 saturated heterocycles. The number of benzene rings is 3. The molecule has 136 valence electrons. The Morgan fingerprint density at radius 2 is 1.36 bits per heavy atom. The number of carbonyl (C=O) groups is 1. The minimum Gasteiger partial charge on any atom is -0.508 e. The fourth-order valence-corrected chi connectivity index (χ4v) is 2.94. The Morgan fingerprint density at radius 3 is 2.00 bits per heavy atom. The van der Waals surface area contributed by atoms with Crippen LogP contribution < -0.4 is 4.90 Å². The molecule has 0 radical (unpaired) electrons. The molecule has 1 aliphatic heterocycles. The van der Waals surface area contributed by atoms with Gasteiger partial charge in [0, 0.05) is 0 Å². The Bertz CT molecular complexity index is 1070. The molecule has 3 aromatic carbocycles. The van der Waals surface area contributed by atoms with Crippen molar-refractivity contribution in [3.05, 3.63) is 108 Å². The summed E-state index contributed by atoms with van der Waals surface area (Å²) in [5, 5.41) is 9.57. The Kier molecular flexibility index (Phi) is 4.85. The van der Waals surface area contributed by atoms with Crippen LogP contribution in [0.25, 0.3) is 12.2 Å². The number of phenols is 1. The molecule has 4 nitrogen and oxygen atoms in total. The molecule has 0 aliphatic carbocycles. The van der Waals surface area contributed by atoms with Gasteiger partial charge in [0.15, 0.2) is 0 Å². The van der Waals surface area contributed by atoms with Crippen LogP contribution in [0.1, 0.15) is 11.1 Å². The Hall–Kier alpha value is -3.92. The van der Waals surface area contributed by atoms with E-state index >= 15 is 0 Å². The zero-order valence-corrected chi connectivity index (χ0v) is 15.1. The largest absolute Gasteiger partial charge is 0.508 e. The van der Waals surface area contributed by atoms with E-state index in [2.05, 4.69) is 4.99 Å². The highest BCUT2D eigenvalue weighted by molar-refractivity contribution is 6.32. The maximum Gasteiger partial charge on any atom is 0.282 e. The molecule has 0 aromatic heterocycles. The van der Waals surface area contributed by atoms with Crippen molar-refractivity contribution in [3.63, 3.8) is 0 Å². The maximum atomic E-state index is 13.1. The fraction of sp³-hybridized carbons (Fsp3) is 0. The van der Waals surface area contributed by atoms with E-state index in [1.54, 1.807) is 35.2 Å². The molecule has 1 amide bonds. The predicted octanol–water partition coefficient (Wildman–Crippen LogP) is 4.89. The molecule has 4 heteroatoms. The molecule has 0 fully saturated rings. The van der Waals surface area contributed by atoms with Gasteiger partial charge in [-0.25, -0.2) is 4.99 Å². The van der Waals surface area contributed by atoms with Gasteiger partial charge >= 0.3 is 0 Å². The number of anilines is 1. The average molecular weight is 366 g/mol. The lowest BCUT2D eigenvalue weighted by Crippen LogP contribution is -2.30. The highest BCUT2D eigenvalue weighted by Gasteiger charge is 2.30. The van der Waals surface area contributed by atoms with Crippen molar-refractivity contribution in [1.82, 2.24) is 0 Å². The minimum atomic E-state index is -0.206. The molecule has 0 atom stereocenters. The van der Waals surface area contributed by atoms with Crippen LogP contribution in [0.3, 0.4) is 0 Å². The summed E-state index contributed by atoms with van der Waals surface area (Å²) in [7, 11) is 0. The van der Waals surface area contributed by atoms with E-state index in [0.29, 0.717) is 17.2 Å². The van der Waals surface area contributed by atoms with Crippen LogP contribution in [0, 0.1) is 0 Å². The quantitative estimate of drug-likeness (QED) is 0.668. The summed E-state index contributed by atoms with van der Waals surface area (Å²) < 4.78 is 0. The van der Waals surface area contributed by atoms with Crippen molar-refractivity contribution in [2.75, 3.05) is 4.90 Å². The first-order valence-electron chi connectivity index (χ1n) is 8.93. The van der Waals surface area contributed by atoms with Crippen LogP contribution in [-0.4, -0.2) is 16.8 Å². The highest BCUT2D eigenvalue weighted by Crippen LogP contribution is 2.27. The summed E-state index contributed by atoms with van der Waals surface area (Å²) in [5.74, 6) is 0.470. The first-order chi connectivity index (χ1) is 13.7. The van der Waals surface area contributed by atoms with Crippen molar-refractivity contribution in [3.8, 4) is 5.75 Å². The van der Waals surface area contributed by atoms with Crippen molar-refractivity contribution >= 4 is 29.6 Å². The van der Waals surface area contributed by atoms with E-state index in [4.69, 9.17) is 0 Å². The molecule has 0 spiro atoms. The molecule has 1 N–H and O–H groups in total. The number of rotatable bonds is 4. The third-order valence-corrected chi connectivity index (χ3v) is 4.32. The van der Waals surface area contributed by atoms with Crippen LogP contribution in [0.2, 0.25) is 0 Å². The summed E-state index contributed by atoms with van der Waals surface area (Å²) in [5.41, 5.74) is 2.94. The fourth-order valence-electron chi connectivity index (χ4n) is 2.94. The SMILES string of the molecule is O=C1/C(=C/c2ccccc2)N=C(/C=C/c2ccccc2)N1c1ccc(O)cc1. The normalized spacial score (nSPS) is 15.4. The molecule has 4 rings (SSSR count). The second-order valence-electron chi connectivity index (χ2n) is 6.31. The lowest BCUT2D eigenvalue weighted by atomic mass is 10.2. The topological polar surface area (TPSA) is 52.9 Å². The first kappa shape index (κ1) is 17.5. The third kappa shape index (κ3) is 3.76. The van der Waals surface area contributed by atoms with E-state index in [9.17, 15) is 9.90 Å². The van der Waals surface area contributed by atoms with Crippen LogP contribution in [0.15, 0.2) is 102 Å². The number of hydrogen-bond acceptors (Lipinski definition) is 3. The Labute approximate surface area is 163 Å². The van der Waals surface area contributed by atoms with Gasteiger partial charge in [0.2, 0.25) is 0 Å². The van der Waals surface area contributed by atoms with Gasteiger partial charge in [-0.1, -0.05) is 66.7 Å². The predicted molar refractivity (Wildman–Crippen MR) is 113 cm³/mol. The number of nitrogens with zero attached hydrogens (tertiary/aromatic N) is 2. The number of hydrogen-bond donors (Lipinski definition) is 1. The summed E-state index contributed by atoms with van der Waals surface area (Å²) in [4.78, 5) is 19.2. The van der Waals surface area contributed by atoms with Crippen molar-refractivity contribution < 1.29 is 9.90 Å². The van der Waals surface area contributed by atoms with Crippen molar-refractivity contribution in [1.29, 1.82) is 0 Å². The number of amidine groups is 1. The second-order valence-corrected chi connectivity index (χ2v) is 6.31. The van der Waals surface area contributed by atoms with Gasteiger partial charge in [-0.05, 0) is 47.5 Å². The van der Waals surface area contributed by atoms with Crippen LogP contribution in [0.4, 0.5) is 5.69 Å². The second kappa shape index (κ2) is 7.76. The van der Waals surface area contributed by atoms with Gasteiger partial charge in [0.05, 0.1) is 5.69 Å². The summed E-state index contributed by atoms with van der Waals surface area (Å²) in [6.45, 7) is 0. The molecule has 3 aromatic rings. The van der Waals surface area contributed by atoms with Crippen LogP contribution in [0.5, 0.6) is 5.75 Å². The minimum absolute atomic E-state index is 0.147. The number of phenolic OH excluding ortho intramolecular Hbond substituents is 1. The van der Waals surface area contributed by atoms with Crippen LogP contribution >= 0.6 is 0 Å². The van der Waals surface area contributed by atoms with Crippen molar-refractivity contribution in [2.24, 2.45) is 4.99 Å². The molecular weight excluding hydrogens is 348 g/mol. The number of aromatic hydroxyl groups is 1. The van der Waals surface area contributed by atoms with E-state index in [-0.39, 0.29) is 11.7 Å². The molecule has 0 saturated carbocycles. The smallest absolute Gasteiger partial charge is 0.282 e. The van der Waals surface area contributed by atoms with E-state index in [1.165, 1.54) is 0 Å². The van der Waals surface area contributed by atoms with Gasteiger partial charge in [0.1, 0.15) is 17.3 Å². The third-order valence-electron chi connectivity index (χ3n) is 4.32. The molecule has 0 unspecified atom stereocenters. The van der Waals surface area contributed by atoms with Crippen molar-refractivity contribution in [2.45, 2.75) is 0 Å². The lowest BCUT2D eigenvalue weighted by Gasteiger charge is -2.16. The highest BCUT2D eigenvalue weighted by atomic mass is 16.3. The molecule has 0 bridgehead atoms. The van der Waals surface area contributed by atoms with E-state index < -0.39 is 0 Å². The molecule has 28 heavy (non-hydrogen) atoms. The lowest BCUT2D eigenvalue weighted by molar-refractivity contribution is -0.113. The number of aliphatic imine (C=N–C) groups is 1. The average Bonchev–Trinajstić information content (AvgIpc) is 3.04. The van der Waals surface area contributed by atoms with Gasteiger partial charge in [-0.15, -0.1) is 0 Å². The van der Waals surface area contributed by atoms with Gasteiger partial charge < -0.3 is 5.11 Å². The Balaban J connectivity index is 1.73. The van der Waals surface area contributed by atoms with Gasteiger partial charge in [-0.2, -0.15) is 0 Å². The van der Waals surface area contributed by atoms with Gasteiger partial charge in [0.25, 0.3) is 5.91 Å². The summed E-state index contributed by atoms with van der Waals surface area (Å²) in [6.07, 6.45) is 5.52. The molecule has 1 heterocycles. The van der Waals surface area contributed by atoms with Gasteiger partial charge in [-0.3, -0.25) is 9.69 Å². The zero-order chi connectivity index (χ0) is 19.3.